The lowest BCUT2D eigenvalue weighted by Gasteiger charge is -2.26. The van der Waals surface area contributed by atoms with Crippen molar-refractivity contribution in [3.05, 3.63) is 28.8 Å². The molecule has 1 aliphatic rings. The summed E-state index contributed by atoms with van der Waals surface area (Å²) in [6.45, 7) is 4.11. The molecule has 0 bridgehead atoms. The summed E-state index contributed by atoms with van der Waals surface area (Å²) in [5.41, 5.74) is 6.53. The number of hydrogen-bond donors (Lipinski definition) is 2. The summed E-state index contributed by atoms with van der Waals surface area (Å²) < 4.78 is 0. The summed E-state index contributed by atoms with van der Waals surface area (Å²) >= 11 is 5.82. The number of rotatable bonds is 3. The predicted octanol–water partition coefficient (Wildman–Crippen LogP) is 2.84. The molecule has 0 spiro atoms. The summed E-state index contributed by atoms with van der Waals surface area (Å²) in [4.78, 5) is 12.0. The highest BCUT2D eigenvalue weighted by atomic mass is 35.5. The van der Waals surface area contributed by atoms with Gasteiger partial charge in [0, 0.05) is 11.1 Å². The minimum atomic E-state index is -0.147. The van der Waals surface area contributed by atoms with Crippen LogP contribution in [-0.4, -0.2) is 11.4 Å². The van der Waals surface area contributed by atoms with Crippen molar-refractivity contribution < 1.29 is 4.79 Å². The van der Waals surface area contributed by atoms with Crippen LogP contribution in [0.4, 0.5) is 5.69 Å². The molecule has 0 aliphatic heterocycles. The minimum Gasteiger partial charge on any atom is -0.398 e. The zero-order chi connectivity index (χ0) is 12.6. The molecule has 1 fully saturated rings. The van der Waals surface area contributed by atoms with Crippen molar-refractivity contribution in [1.29, 1.82) is 0 Å². The molecule has 1 amide bonds. The standard InChI is InChI=1S/C13H17ClN2O/c1-13(2,9-4-5-9)16-12(17)8-3-6-10(14)11(15)7-8/h3,6-7,9H,4-5,15H2,1-2H3,(H,16,17). The Morgan fingerprint density at radius 2 is 2.12 bits per heavy atom. The lowest BCUT2D eigenvalue weighted by molar-refractivity contribution is 0.0903. The van der Waals surface area contributed by atoms with Crippen molar-refractivity contribution in [1.82, 2.24) is 5.32 Å². The van der Waals surface area contributed by atoms with Crippen LogP contribution in [0.1, 0.15) is 37.0 Å². The molecular weight excluding hydrogens is 236 g/mol. The molecule has 17 heavy (non-hydrogen) atoms. The molecular formula is C13H17ClN2O. The summed E-state index contributed by atoms with van der Waals surface area (Å²) in [6.07, 6.45) is 2.38. The Morgan fingerprint density at radius 3 is 2.65 bits per heavy atom. The smallest absolute Gasteiger partial charge is 0.251 e. The van der Waals surface area contributed by atoms with Gasteiger partial charge in [-0.1, -0.05) is 11.6 Å². The Hall–Kier alpha value is -1.22. The Kier molecular flexibility index (Phi) is 3.04. The van der Waals surface area contributed by atoms with Crippen molar-refractivity contribution in [2.75, 3.05) is 5.73 Å². The second kappa shape index (κ2) is 4.22. The highest BCUT2D eigenvalue weighted by molar-refractivity contribution is 6.33. The van der Waals surface area contributed by atoms with Gasteiger partial charge >= 0.3 is 0 Å². The molecule has 0 atom stereocenters. The number of halogens is 1. The van der Waals surface area contributed by atoms with Gasteiger partial charge in [0.15, 0.2) is 0 Å². The lowest BCUT2D eigenvalue weighted by Crippen LogP contribution is -2.45. The van der Waals surface area contributed by atoms with Crippen LogP contribution in [0.2, 0.25) is 5.02 Å². The molecule has 3 N–H and O–H groups in total. The molecule has 2 rings (SSSR count). The summed E-state index contributed by atoms with van der Waals surface area (Å²) in [6, 6.07) is 4.95. The number of anilines is 1. The van der Waals surface area contributed by atoms with E-state index in [1.165, 1.54) is 12.8 Å². The SMILES string of the molecule is CC(C)(NC(=O)c1ccc(Cl)c(N)c1)C1CC1. The van der Waals surface area contributed by atoms with Gasteiger partial charge in [-0.15, -0.1) is 0 Å². The zero-order valence-electron chi connectivity index (χ0n) is 10.1. The normalized spacial score (nSPS) is 15.7. The van der Waals surface area contributed by atoms with Crippen molar-refractivity contribution in [2.24, 2.45) is 5.92 Å². The van der Waals surface area contributed by atoms with Gasteiger partial charge < -0.3 is 11.1 Å². The van der Waals surface area contributed by atoms with Crippen LogP contribution >= 0.6 is 11.6 Å². The van der Waals surface area contributed by atoms with Crippen LogP contribution in [0.25, 0.3) is 0 Å². The molecule has 0 radical (unpaired) electrons. The van der Waals surface area contributed by atoms with Crippen LogP contribution in [0.5, 0.6) is 0 Å². The summed E-state index contributed by atoms with van der Waals surface area (Å²) in [5.74, 6) is 0.501. The number of carbonyl (C=O) groups excluding carboxylic acids is 1. The van der Waals surface area contributed by atoms with Gasteiger partial charge in [-0.2, -0.15) is 0 Å². The molecule has 1 saturated carbocycles. The van der Waals surface area contributed by atoms with Gasteiger partial charge in [-0.05, 0) is 50.8 Å². The summed E-state index contributed by atoms with van der Waals surface area (Å²) in [5, 5.41) is 3.52. The third-order valence-corrected chi connectivity index (χ3v) is 3.64. The molecule has 92 valence electrons. The predicted molar refractivity (Wildman–Crippen MR) is 70.1 cm³/mol. The van der Waals surface area contributed by atoms with E-state index in [0.717, 1.165) is 0 Å². The van der Waals surface area contributed by atoms with E-state index >= 15 is 0 Å². The maximum atomic E-state index is 12.0. The van der Waals surface area contributed by atoms with E-state index < -0.39 is 0 Å². The number of nitrogen functional groups attached to an aromatic ring is 1. The van der Waals surface area contributed by atoms with Crippen LogP contribution in [-0.2, 0) is 0 Å². The van der Waals surface area contributed by atoms with Crippen LogP contribution < -0.4 is 11.1 Å². The second-order valence-electron chi connectivity index (χ2n) is 5.19. The lowest BCUT2D eigenvalue weighted by atomic mass is 9.98. The number of carbonyl (C=O) groups is 1. The quantitative estimate of drug-likeness (QED) is 0.813. The van der Waals surface area contributed by atoms with Crippen LogP contribution in [0, 0.1) is 5.92 Å². The first-order valence-electron chi connectivity index (χ1n) is 5.77. The Morgan fingerprint density at radius 1 is 1.47 bits per heavy atom. The van der Waals surface area contributed by atoms with Crippen molar-refractivity contribution >= 4 is 23.2 Å². The fourth-order valence-corrected chi connectivity index (χ4v) is 2.07. The fraction of sp³-hybridized carbons (Fsp3) is 0.462. The van der Waals surface area contributed by atoms with Crippen LogP contribution in [0.15, 0.2) is 18.2 Å². The van der Waals surface area contributed by atoms with Crippen molar-refractivity contribution in [3.63, 3.8) is 0 Å². The van der Waals surface area contributed by atoms with E-state index in [9.17, 15) is 4.79 Å². The van der Waals surface area contributed by atoms with Crippen LogP contribution in [0.3, 0.4) is 0 Å². The van der Waals surface area contributed by atoms with E-state index in [1.54, 1.807) is 18.2 Å². The number of benzene rings is 1. The van der Waals surface area contributed by atoms with Gasteiger partial charge in [0.25, 0.3) is 5.91 Å². The van der Waals surface area contributed by atoms with E-state index in [1.807, 2.05) is 0 Å². The number of nitrogens with two attached hydrogens (primary N) is 1. The maximum absolute atomic E-state index is 12.0. The Labute approximate surface area is 106 Å². The molecule has 1 aliphatic carbocycles. The average molecular weight is 253 g/mol. The third-order valence-electron chi connectivity index (χ3n) is 3.29. The number of hydrogen-bond acceptors (Lipinski definition) is 2. The van der Waals surface area contributed by atoms with E-state index in [-0.39, 0.29) is 11.4 Å². The molecule has 0 unspecified atom stereocenters. The highest BCUT2D eigenvalue weighted by Gasteiger charge is 2.38. The molecule has 0 aromatic heterocycles. The first-order valence-corrected chi connectivity index (χ1v) is 6.15. The number of amides is 1. The molecule has 4 heteroatoms. The largest absolute Gasteiger partial charge is 0.398 e. The topological polar surface area (TPSA) is 55.1 Å². The third kappa shape index (κ3) is 2.72. The first kappa shape index (κ1) is 12.2. The van der Waals surface area contributed by atoms with Crippen molar-refractivity contribution in [2.45, 2.75) is 32.2 Å². The van der Waals surface area contributed by atoms with Crippen molar-refractivity contribution in [3.8, 4) is 0 Å². The van der Waals surface area contributed by atoms with Gasteiger partial charge in [0.1, 0.15) is 0 Å². The second-order valence-corrected chi connectivity index (χ2v) is 5.59. The summed E-state index contributed by atoms with van der Waals surface area (Å²) in [7, 11) is 0. The molecule has 1 aromatic rings. The minimum absolute atomic E-state index is 0.0923. The highest BCUT2D eigenvalue weighted by Crippen LogP contribution is 2.39. The fourth-order valence-electron chi connectivity index (χ4n) is 1.96. The Balaban J connectivity index is 2.11. The van der Waals surface area contributed by atoms with Gasteiger partial charge in [0.2, 0.25) is 0 Å². The van der Waals surface area contributed by atoms with Gasteiger partial charge in [0.05, 0.1) is 10.7 Å². The zero-order valence-corrected chi connectivity index (χ0v) is 10.8. The maximum Gasteiger partial charge on any atom is 0.251 e. The van der Waals surface area contributed by atoms with Gasteiger partial charge in [-0.3, -0.25) is 4.79 Å². The van der Waals surface area contributed by atoms with E-state index in [2.05, 4.69) is 19.2 Å². The Bertz CT molecular complexity index is 453. The average Bonchev–Trinajstić information content (AvgIpc) is 3.04. The molecule has 1 aromatic carbocycles. The molecule has 0 heterocycles. The molecule has 0 saturated heterocycles. The molecule has 3 nitrogen and oxygen atoms in total. The van der Waals surface area contributed by atoms with E-state index in [4.69, 9.17) is 17.3 Å². The first-order chi connectivity index (χ1) is 7.90. The monoisotopic (exact) mass is 252 g/mol. The number of nitrogens with one attached hydrogen (secondary N) is 1. The van der Waals surface area contributed by atoms with E-state index in [0.29, 0.717) is 22.2 Å². The van der Waals surface area contributed by atoms with Gasteiger partial charge in [-0.25, -0.2) is 0 Å².